The molecule has 8 nitrogen and oxygen atoms in total. The number of nitrogens with one attached hydrogen (secondary N) is 3. The molecule has 2 aromatic carbocycles. The number of carbonyl (C=O) groups is 2. The van der Waals surface area contributed by atoms with Gasteiger partial charge in [-0.2, -0.15) is 5.10 Å². The number of nitrogens with zero attached hydrogens (tertiary/aromatic N) is 1. The number of rotatable bonds is 5. The Bertz CT molecular complexity index is 904. The van der Waals surface area contributed by atoms with Crippen molar-refractivity contribution < 1.29 is 19.1 Å². The third-order valence-corrected chi connectivity index (χ3v) is 4.13. The Balaban J connectivity index is 1.42. The molecule has 0 atom stereocenters. The van der Waals surface area contributed by atoms with Gasteiger partial charge in [0, 0.05) is 5.69 Å². The van der Waals surface area contributed by atoms with Crippen molar-refractivity contribution in [2.24, 2.45) is 5.10 Å². The second-order valence-electron chi connectivity index (χ2n) is 5.34. The van der Waals surface area contributed by atoms with Gasteiger partial charge in [-0.15, -0.1) is 0 Å². The van der Waals surface area contributed by atoms with Crippen molar-refractivity contribution in [3.8, 4) is 11.5 Å². The lowest BCUT2D eigenvalue weighted by Gasteiger charge is -2.07. The van der Waals surface area contributed by atoms with Gasteiger partial charge in [0.2, 0.25) is 6.79 Å². The lowest BCUT2D eigenvalue weighted by molar-refractivity contribution is -0.120. The van der Waals surface area contributed by atoms with E-state index in [1.807, 2.05) is 0 Å². The highest BCUT2D eigenvalue weighted by Crippen LogP contribution is 2.31. The van der Waals surface area contributed by atoms with Crippen molar-refractivity contribution in [1.29, 1.82) is 0 Å². The Kier molecular flexibility index (Phi) is 6.00. The number of hydrogen-bond acceptors (Lipinski definition) is 5. The second-order valence-corrected chi connectivity index (χ2v) is 6.16. The molecule has 1 aliphatic rings. The summed E-state index contributed by atoms with van der Waals surface area (Å²) < 4.78 is 10.5. The van der Waals surface area contributed by atoms with E-state index in [-0.39, 0.29) is 13.3 Å². The van der Waals surface area contributed by atoms with E-state index >= 15 is 0 Å². The van der Waals surface area contributed by atoms with Crippen LogP contribution in [0.25, 0.3) is 0 Å². The van der Waals surface area contributed by atoms with Gasteiger partial charge in [0.25, 0.3) is 5.91 Å². The molecule has 0 saturated carbocycles. The fourth-order valence-electron chi connectivity index (χ4n) is 2.12. The summed E-state index contributed by atoms with van der Waals surface area (Å²) in [7, 11) is 0. The molecule has 2 aromatic rings. The Morgan fingerprint density at radius 3 is 2.70 bits per heavy atom. The van der Waals surface area contributed by atoms with Crippen LogP contribution in [0, 0.1) is 0 Å². The van der Waals surface area contributed by atoms with Crippen LogP contribution in [0.3, 0.4) is 0 Å². The molecule has 0 saturated heterocycles. The van der Waals surface area contributed by atoms with Crippen LogP contribution in [-0.2, 0) is 4.79 Å². The maximum atomic E-state index is 11.8. The first-order valence-corrected chi connectivity index (χ1v) is 8.48. The van der Waals surface area contributed by atoms with E-state index < -0.39 is 11.9 Å². The molecular formula is C17H14Cl2N4O4. The molecule has 0 radical (unpaired) electrons. The molecule has 1 heterocycles. The summed E-state index contributed by atoms with van der Waals surface area (Å²) in [6.07, 6.45) is 1.45. The van der Waals surface area contributed by atoms with Crippen LogP contribution >= 0.6 is 23.2 Å². The number of fused-ring (bicyclic) bond motifs is 1. The normalized spacial score (nSPS) is 12.1. The molecule has 0 fully saturated rings. The Morgan fingerprint density at radius 1 is 1.07 bits per heavy atom. The number of amides is 3. The highest BCUT2D eigenvalue weighted by Gasteiger charge is 2.12. The minimum absolute atomic E-state index is 0.183. The van der Waals surface area contributed by atoms with Gasteiger partial charge in [-0.1, -0.05) is 23.2 Å². The quantitative estimate of drug-likeness (QED) is 0.522. The molecule has 0 bridgehead atoms. The molecule has 27 heavy (non-hydrogen) atoms. The molecule has 0 aliphatic carbocycles. The summed E-state index contributed by atoms with van der Waals surface area (Å²) in [5.74, 6) is 0.788. The van der Waals surface area contributed by atoms with E-state index in [0.717, 1.165) is 5.56 Å². The van der Waals surface area contributed by atoms with Crippen molar-refractivity contribution in [2.45, 2.75) is 0 Å². The van der Waals surface area contributed by atoms with Gasteiger partial charge in [-0.25, -0.2) is 10.2 Å². The average molecular weight is 409 g/mol. The first-order chi connectivity index (χ1) is 13.0. The monoisotopic (exact) mass is 408 g/mol. The number of urea groups is 1. The first-order valence-electron chi connectivity index (χ1n) is 7.73. The van der Waals surface area contributed by atoms with E-state index in [4.69, 9.17) is 32.7 Å². The highest BCUT2D eigenvalue weighted by atomic mass is 35.5. The van der Waals surface area contributed by atoms with Gasteiger partial charge >= 0.3 is 6.03 Å². The Hall–Kier alpha value is -2.97. The molecule has 140 valence electrons. The second kappa shape index (κ2) is 8.61. The van der Waals surface area contributed by atoms with Crippen molar-refractivity contribution in [2.75, 3.05) is 18.7 Å². The number of ether oxygens (including phenoxy) is 2. The zero-order valence-corrected chi connectivity index (χ0v) is 15.3. The molecule has 3 N–H and O–H groups in total. The third-order valence-electron chi connectivity index (χ3n) is 3.39. The molecule has 10 heteroatoms. The van der Waals surface area contributed by atoms with Crippen LogP contribution in [-0.4, -0.2) is 31.5 Å². The minimum atomic E-state index is -0.566. The van der Waals surface area contributed by atoms with E-state index in [1.54, 1.807) is 30.3 Å². The van der Waals surface area contributed by atoms with Crippen LogP contribution in [0.15, 0.2) is 41.5 Å². The van der Waals surface area contributed by atoms with Crippen LogP contribution in [0.4, 0.5) is 10.5 Å². The van der Waals surface area contributed by atoms with Crippen molar-refractivity contribution in [3.63, 3.8) is 0 Å². The summed E-state index contributed by atoms with van der Waals surface area (Å²) in [4.78, 5) is 23.5. The van der Waals surface area contributed by atoms with Crippen molar-refractivity contribution in [3.05, 3.63) is 52.0 Å². The maximum absolute atomic E-state index is 11.8. The first kappa shape index (κ1) is 18.8. The van der Waals surface area contributed by atoms with E-state index in [9.17, 15) is 9.59 Å². The van der Waals surface area contributed by atoms with Gasteiger partial charge < -0.3 is 20.1 Å². The highest BCUT2D eigenvalue weighted by molar-refractivity contribution is 6.42. The number of hydrogen-bond donors (Lipinski definition) is 3. The number of benzene rings is 2. The maximum Gasteiger partial charge on any atom is 0.319 e. The van der Waals surface area contributed by atoms with E-state index in [2.05, 4.69) is 21.2 Å². The summed E-state index contributed by atoms with van der Waals surface area (Å²) in [5, 5.41) is 9.45. The van der Waals surface area contributed by atoms with Gasteiger partial charge in [-0.3, -0.25) is 4.79 Å². The largest absolute Gasteiger partial charge is 0.454 e. The minimum Gasteiger partial charge on any atom is -0.454 e. The summed E-state index contributed by atoms with van der Waals surface area (Å²) in [6, 6.07) is 9.33. The molecule has 0 aromatic heterocycles. The van der Waals surface area contributed by atoms with E-state index in [0.29, 0.717) is 27.2 Å². The average Bonchev–Trinajstić information content (AvgIpc) is 3.11. The van der Waals surface area contributed by atoms with Gasteiger partial charge in [0.1, 0.15) is 6.54 Å². The molecular weight excluding hydrogens is 395 g/mol. The predicted molar refractivity (Wildman–Crippen MR) is 102 cm³/mol. The van der Waals surface area contributed by atoms with Crippen LogP contribution < -0.4 is 25.5 Å². The Labute approximate surface area is 164 Å². The van der Waals surface area contributed by atoms with Crippen LogP contribution in [0.1, 0.15) is 5.56 Å². The van der Waals surface area contributed by atoms with Gasteiger partial charge in [0.15, 0.2) is 11.5 Å². The van der Waals surface area contributed by atoms with Gasteiger partial charge in [-0.05, 0) is 42.0 Å². The van der Waals surface area contributed by atoms with Crippen LogP contribution in [0.5, 0.6) is 11.5 Å². The lowest BCUT2D eigenvalue weighted by atomic mass is 10.2. The number of halogens is 2. The Morgan fingerprint density at radius 2 is 1.89 bits per heavy atom. The summed E-state index contributed by atoms with van der Waals surface area (Å²) in [6.45, 7) is -0.0751. The van der Waals surface area contributed by atoms with Crippen molar-refractivity contribution >= 4 is 47.0 Å². The fourth-order valence-corrected chi connectivity index (χ4v) is 2.42. The summed E-state index contributed by atoms with van der Waals surface area (Å²) in [5.41, 5.74) is 3.49. The molecule has 0 unspecified atom stereocenters. The summed E-state index contributed by atoms with van der Waals surface area (Å²) >= 11 is 11.7. The standard InChI is InChI=1S/C17H14Cl2N4O4/c18-12-3-2-11(6-13(12)19)22-17(25)20-8-16(24)23-21-7-10-1-4-14-15(5-10)27-9-26-14/h1-7H,8-9H2,(H,23,24)(H2,20,22,25). The molecule has 3 rings (SSSR count). The topological polar surface area (TPSA) is 101 Å². The van der Waals surface area contributed by atoms with Crippen LogP contribution in [0.2, 0.25) is 10.0 Å². The number of anilines is 1. The molecule has 3 amide bonds. The molecule has 1 aliphatic heterocycles. The number of carbonyl (C=O) groups excluding carboxylic acids is 2. The zero-order chi connectivity index (χ0) is 19.2. The number of hydrazone groups is 1. The van der Waals surface area contributed by atoms with E-state index in [1.165, 1.54) is 12.3 Å². The molecule has 0 spiro atoms. The fraction of sp³-hybridized carbons (Fsp3) is 0.118. The smallest absolute Gasteiger partial charge is 0.319 e. The lowest BCUT2D eigenvalue weighted by Crippen LogP contribution is -2.37. The third kappa shape index (κ3) is 5.25. The van der Waals surface area contributed by atoms with Crippen molar-refractivity contribution in [1.82, 2.24) is 10.7 Å². The SMILES string of the molecule is O=C(CNC(=O)Nc1ccc(Cl)c(Cl)c1)NN=Cc1ccc2c(c1)OCO2. The zero-order valence-electron chi connectivity index (χ0n) is 13.8. The predicted octanol–water partition coefficient (Wildman–Crippen LogP) is 2.99. The van der Waals surface area contributed by atoms with Gasteiger partial charge in [0.05, 0.1) is 16.3 Å².